The maximum atomic E-state index is 5.74. The van der Waals surface area contributed by atoms with E-state index in [-0.39, 0.29) is 17.7 Å². The Bertz CT molecular complexity index is 997. The number of hydrogen-bond acceptors (Lipinski definition) is 7. The molecule has 0 fully saturated rings. The molecule has 0 bridgehead atoms. The Hall–Kier alpha value is -2.90. The summed E-state index contributed by atoms with van der Waals surface area (Å²) in [6.07, 6.45) is 3.37. The molecule has 0 unspecified atom stereocenters. The van der Waals surface area contributed by atoms with Gasteiger partial charge in [0.1, 0.15) is 12.1 Å². The number of methoxy groups -OCH3 is 2. The van der Waals surface area contributed by atoms with Crippen LogP contribution in [-0.4, -0.2) is 34.2 Å². The van der Waals surface area contributed by atoms with Crippen molar-refractivity contribution in [1.82, 2.24) is 19.9 Å². The zero-order chi connectivity index (χ0) is 18.5. The third-order valence-corrected chi connectivity index (χ3v) is 3.79. The molecule has 140 valence electrons. The quantitative estimate of drug-likeness (QED) is 0.504. The van der Waals surface area contributed by atoms with Crippen LogP contribution in [0.15, 0.2) is 48.9 Å². The van der Waals surface area contributed by atoms with Crippen LogP contribution in [0.4, 0.5) is 5.82 Å². The number of aromatic nitrogens is 4. The predicted molar refractivity (Wildman–Crippen MR) is 109 cm³/mol. The van der Waals surface area contributed by atoms with Crippen LogP contribution in [-0.2, 0) is 0 Å². The van der Waals surface area contributed by atoms with Crippen molar-refractivity contribution < 1.29 is 9.47 Å². The number of nitrogen functional groups attached to an aromatic ring is 1. The molecule has 0 spiro atoms. The molecule has 0 saturated carbocycles. The van der Waals surface area contributed by atoms with Crippen molar-refractivity contribution in [3.63, 3.8) is 0 Å². The Morgan fingerprint density at radius 2 is 1.67 bits per heavy atom. The second-order valence-corrected chi connectivity index (χ2v) is 5.52. The fourth-order valence-corrected chi connectivity index (χ4v) is 2.56. The first-order valence-electron chi connectivity index (χ1n) is 7.62. The molecule has 0 saturated heterocycles. The Morgan fingerprint density at radius 1 is 0.963 bits per heavy atom. The van der Waals surface area contributed by atoms with E-state index < -0.39 is 0 Å². The van der Waals surface area contributed by atoms with Gasteiger partial charge in [-0.1, -0.05) is 18.2 Å². The van der Waals surface area contributed by atoms with Gasteiger partial charge in [0.2, 0.25) is 5.28 Å². The highest BCUT2D eigenvalue weighted by atomic mass is 35.5. The molecule has 4 aromatic rings. The van der Waals surface area contributed by atoms with Crippen LogP contribution in [0, 0.1) is 0 Å². The van der Waals surface area contributed by atoms with E-state index in [1.54, 1.807) is 32.7 Å². The van der Waals surface area contributed by atoms with Crippen LogP contribution in [0.3, 0.4) is 0 Å². The standard InChI is InChI=1S/C10H10ClN3O2.C8H6N2.ClH/c1-15-7-3-5-6(4-8(7)16-2)13-10(11)14-9(5)12;1-2-4-8-7(3-1)5-9-6-10-8;/h3-4H,1-2H3,(H2,12,13,14);1-6H;1H. The van der Waals surface area contributed by atoms with Crippen LogP contribution >= 0.6 is 24.0 Å². The topological polar surface area (TPSA) is 96.0 Å². The van der Waals surface area contributed by atoms with E-state index in [2.05, 4.69) is 19.9 Å². The average Bonchev–Trinajstić information content (AvgIpc) is 2.67. The highest BCUT2D eigenvalue weighted by molar-refractivity contribution is 6.28. The van der Waals surface area contributed by atoms with Gasteiger partial charge >= 0.3 is 0 Å². The molecule has 0 aliphatic carbocycles. The fourth-order valence-electron chi connectivity index (χ4n) is 2.37. The third kappa shape index (κ3) is 4.64. The normalized spacial score (nSPS) is 9.89. The number of rotatable bonds is 2. The molecule has 7 nitrogen and oxygen atoms in total. The molecule has 2 heterocycles. The summed E-state index contributed by atoms with van der Waals surface area (Å²) in [4.78, 5) is 15.9. The molecule has 4 rings (SSSR count). The Morgan fingerprint density at radius 3 is 2.37 bits per heavy atom. The lowest BCUT2D eigenvalue weighted by Crippen LogP contribution is -1.97. The largest absolute Gasteiger partial charge is 0.493 e. The van der Waals surface area contributed by atoms with Crippen molar-refractivity contribution in [2.24, 2.45) is 0 Å². The third-order valence-electron chi connectivity index (χ3n) is 3.62. The molecule has 0 radical (unpaired) electrons. The molecule has 2 N–H and O–H groups in total. The average molecular weight is 406 g/mol. The lowest BCUT2D eigenvalue weighted by Gasteiger charge is -2.09. The SMILES string of the molecule is COc1cc2nc(Cl)nc(N)c2cc1OC.Cl.c1ccc2ncncc2c1. The predicted octanol–water partition coefficient (Wildman–Crippen LogP) is 3.93. The van der Waals surface area contributed by atoms with Crippen molar-refractivity contribution in [2.75, 3.05) is 20.0 Å². The molecule has 0 amide bonds. The van der Waals surface area contributed by atoms with Crippen LogP contribution in [0.1, 0.15) is 0 Å². The summed E-state index contributed by atoms with van der Waals surface area (Å²) in [5, 5.41) is 1.88. The minimum absolute atomic E-state index is 0. The number of hydrogen-bond donors (Lipinski definition) is 1. The summed E-state index contributed by atoms with van der Waals surface area (Å²) in [6.45, 7) is 0. The Kier molecular flexibility index (Phi) is 6.92. The molecular weight excluding hydrogens is 389 g/mol. The molecule has 27 heavy (non-hydrogen) atoms. The summed E-state index contributed by atoms with van der Waals surface area (Å²) >= 11 is 5.72. The van der Waals surface area contributed by atoms with Crippen LogP contribution in [0.5, 0.6) is 11.5 Å². The first kappa shape index (κ1) is 20.4. The first-order valence-corrected chi connectivity index (χ1v) is 7.99. The number of anilines is 1. The summed E-state index contributed by atoms with van der Waals surface area (Å²) < 4.78 is 10.3. The Labute approximate surface area is 166 Å². The van der Waals surface area contributed by atoms with Crippen molar-refractivity contribution in [3.05, 3.63) is 54.2 Å². The van der Waals surface area contributed by atoms with Gasteiger partial charge in [-0.05, 0) is 23.7 Å². The Balaban J connectivity index is 0.000000205. The summed E-state index contributed by atoms with van der Waals surface area (Å²) in [6, 6.07) is 11.3. The van der Waals surface area contributed by atoms with E-state index in [0.717, 1.165) is 10.9 Å². The van der Waals surface area contributed by atoms with Crippen LogP contribution in [0.2, 0.25) is 5.28 Å². The minimum atomic E-state index is 0. The van der Waals surface area contributed by atoms with Crippen molar-refractivity contribution >= 4 is 51.6 Å². The fraction of sp³-hybridized carbons (Fsp3) is 0.111. The molecular formula is C18H17Cl2N5O2. The smallest absolute Gasteiger partial charge is 0.224 e. The zero-order valence-electron chi connectivity index (χ0n) is 14.6. The molecule has 2 aromatic heterocycles. The number of benzene rings is 2. The zero-order valence-corrected chi connectivity index (χ0v) is 16.2. The number of nitrogens with zero attached hydrogens (tertiary/aromatic N) is 4. The lowest BCUT2D eigenvalue weighted by molar-refractivity contribution is 0.356. The monoisotopic (exact) mass is 405 g/mol. The van der Waals surface area contributed by atoms with Gasteiger partial charge in [-0.25, -0.2) is 19.9 Å². The van der Waals surface area contributed by atoms with E-state index >= 15 is 0 Å². The van der Waals surface area contributed by atoms with Gasteiger partial charge in [-0.15, -0.1) is 12.4 Å². The second-order valence-electron chi connectivity index (χ2n) is 5.18. The lowest BCUT2D eigenvalue weighted by atomic mass is 10.2. The van der Waals surface area contributed by atoms with Gasteiger partial charge in [0.05, 0.1) is 25.3 Å². The molecule has 2 aromatic carbocycles. The number of fused-ring (bicyclic) bond motifs is 2. The molecule has 0 aliphatic heterocycles. The molecule has 9 heteroatoms. The molecule has 0 aliphatic rings. The minimum Gasteiger partial charge on any atom is -0.493 e. The highest BCUT2D eigenvalue weighted by Gasteiger charge is 2.10. The number of para-hydroxylation sites is 1. The van der Waals surface area contributed by atoms with Crippen molar-refractivity contribution in [2.45, 2.75) is 0 Å². The van der Waals surface area contributed by atoms with Crippen molar-refractivity contribution in [1.29, 1.82) is 0 Å². The van der Waals surface area contributed by atoms with Crippen LogP contribution in [0.25, 0.3) is 21.8 Å². The number of nitrogens with two attached hydrogens (primary N) is 1. The van der Waals surface area contributed by atoms with Crippen LogP contribution < -0.4 is 15.2 Å². The summed E-state index contributed by atoms with van der Waals surface area (Å²) in [5.74, 6) is 1.47. The van der Waals surface area contributed by atoms with Gasteiger partial charge in [0.25, 0.3) is 0 Å². The van der Waals surface area contributed by atoms with E-state index in [1.165, 1.54) is 0 Å². The second kappa shape index (κ2) is 9.16. The van der Waals surface area contributed by atoms with Gasteiger partial charge in [0, 0.05) is 23.0 Å². The number of halogens is 2. The van der Waals surface area contributed by atoms with E-state index in [1.807, 2.05) is 30.5 Å². The molecule has 0 atom stereocenters. The van der Waals surface area contributed by atoms with Gasteiger partial charge in [-0.2, -0.15) is 0 Å². The van der Waals surface area contributed by atoms with E-state index in [9.17, 15) is 0 Å². The van der Waals surface area contributed by atoms with Crippen molar-refractivity contribution in [3.8, 4) is 11.5 Å². The van der Waals surface area contributed by atoms with E-state index in [0.29, 0.717) is 28.2 Å². The number of ether oxygens (including phenoxy) is 2. The summed E-state index contributed by atoms with van der Waals surface area (Å²) in [7, 11) is 3.10. The maximum Gasteiger partial charge on any atom is 0.224 e. The maximum absolute atomic E-state index is 5.74. The van der Waals surface area contributed by atoms with E-state index in [4.69, 9.17) is 26.8 Å². The van der Waals surface area contributed by atoms with Gasteiger partial charge < -0.3 is 15.2 Å². The van der Waals surface area contributed by atoms with Gasteiger partial charge in [-0.3, -0.25) is 0 Å². The van der Waals surface area contributed by atoms with Gasteiger partial charge in [0.15, 0.2) is 11.5 Å². The highest BCUT2D eigenvalue weighted by Crippen LogP contribution is 2.33. The summed E-state index contributed by atoms with van der Waals surface area (Å²) in [5.41, 5.74) is 7.36. The first-order chi connectivity index (χ1) is 12.6.